The van der Waals surface area contributed by atoms with Crippen LogP contribution >= 0.6 is 0 Å². The zero-order valence-electron chi connectivity index (χ0n) is 62.0. The molecule has 3 aliphatic heterocycles. The quantitative estimate of drug-likeness (QED) is 0.128. The monoisotopic (exact) mass is 1460 g/mol. The lowest BCUT2D eigenvalue weighted by Gasteiger charge is -2.45. The van der Waals surface area contributed by atoms with Crippen LogP contribution in [0.15, 0.2) is 0 Å². The summed E-state index contributed by atoms with van der Waals surface area (Å²) >= 11 is 0. The Morgan fingerprint density at radius 3 is 1.75 bits per heavy atom. The fraction of sp³-hybridized carbons (Fsp3) is 0.845. The van der Waals surface area contributed by atoms with Crippen LogP contribution in [0.2, 0.25) is 0 Å². The molecule has 3 saturated carbocycles. The lowest BCUT2D eigenvalue weighted by Crippen LogP contribution is -2.65. The van der Waals surface area contributed by atoms with Crippen LogP contribution in [0.5, 0.6) is 0 Å². The van der Waals surface area contributed by atoms with Crippen molar-refractivity contribution in [1.82, 2.24) is 55.6 Å². The first-order chi connectivity index (χ1) is 47.7. The SMILES string of the molecule is CCOC1C[C@H]2C(=O)NC3(CCCC3)C(=O)N(C)[C@@H]([C@@H](C)CC)C(=O)N(C)[C@H](C)CC(=O)N(C)[C@@H](CC(C)C)C(=O)N[C@@H]([C@@H](C)CC)C(=O)N[C@@H](C)C(=O)N3CC[C@H]3C(=O)N(CC)[C@@H](CC3CCC(C(F)(F)F)CC3)C(=O)N(C)CC(=O)N[C@@H](CCC3CC(F)C(C(F)(F)F)C(F)C3)C(=O)N2C1. The van der Waals surface area contributed by atoms with Crippen molar-refractivity contribution in [2.45, 2.75) is 282 Å². The summed E-state index contributed by atoms with van der Waals surface area (Å²) in [5.74, 6) is -15.5. The number of carbonyl (C=O) groups is 11. The number of fused-ring (bicyclic) bond motifs is 2. The minimum atomic E-state index is -5.20. The Kier molecular flexibility index (Phi) is 29.9. The first kappa shape index (κ1) is 84.5. The molecule has 31 heteroatoms. The van der Waals surface area contributed by atoms with E-state index in [9.17, 15) is 50.3 Å². The van der Waals surface area contributed by atoms with Gasteiger partial charge in [0, 0.05) is 73.3 Å². The maximum Gasteiger partial charge on any atom is 0.397 e. The third kappa shape index (κ3) is 20.3. The fourth-order valence-corrected chi connectivity index (χ4v) is 16.0. The van der Waals surface area contributed by atoms with Crippen molar-refractivity contribution in [2.24, 2.45) is 41.4 Å². The van der Waals surface area contributed by atoms with E-state index in [1.807, 2.05) is 20.8 Å². The van der Waals surface area contributed by atoms with E-state index in [0.717, 1.165) is 9.80 Å². The van der Waals surface area contributed by atoms with E-state index in [1.165, 1.54) is 59.6 Å². The van der Waals surface area contributed by atoms with Crippen LogP contribution in [0.25, 0.3) is 0 Å². The molecule has 0 aromatic heterocycles. The van der Waals surface area contributed by atoms with Gasteiger partial charge in [-0.25, -0.2) is 8.78 Å². The van der Waals surface area contributed by atoms with Gasteiger partial charge in [-0.15, -0.1) is 0 Å². The number of hydrogen-bond donors (Lipinski definition) is 4. The molecule has 3 aliphatic carbocycles. The summed E-state index contributed by atoms with van der Waals surface area (Å²) in [7, 11) is 5.61. The molecule has 0 radical (unpaired) electrons. The molecule has 6 fully saturated rings. The number of carbonyl (C=O) groups excluding carboxylic acids is 11. The van der Waals surface area contributed by atoms with Crippen molar-refractivity contribution in [2.75, 3.05) is 61.0 Å². The molecule has 23 nitrogen and oxygen atoms in total. The number of likely N-dealkylation sites (N-methyl/N-ethyl adjacent to an activating group) is 5. The average molecular weight is 1460 g/mol. The van der Waals surface area contributed by atoms with Crippen molar-refractivity contribution in [1.29, 1.82) is 0 Å². The normalized spacial score (nSPS) is 32.8. The molecule has 580 valence electrons. The lowest BCUT2D eigenvalue weighted by atomic mass is 9.76. The predicted molar refractivity (Wildman–Crippen MR) is 361 cm³/mol. The van der Waals surface area contributed by atoms with Crippen molar-refractivity contribution in [3.8, 4) is 0 Å². The summed E-state index contributed by atoms with van der Waals surface area (Å²) in [6.07, 6.45) is -17.1. The van der Waals surface area contributed by atoms with Crippen LogP contribution < -0.4 is 21.3 Å². The molecule has 3 saturated heterocycles. The summed E-state index contributed by atoms with van der Waals surface area (Å²) in [6, 6.07) is -11.4. The molecular weight excluding hydrogens is 1350 g/mol. The van der Waals surface area contributed by atoms with Gasteiger partial charge < -0.3 is 60.3 Å². The van der Waals surface area contributed by atoms with E-state index < -0.39 is 217 Å². The van der Waals surface area contributed by atoms with Crippen LogP contribution in [0, 0.1) is 41.4 Å². The fourth-order valence-electron chi connectivity index (χ4n) is 16.0. The van der Waals surface area contributed by atoms with Gasteiger partial charge >= 0.3 is 12.4 Å². The van der Waals surface area contributed by atoms with E-state index >= 15 is 37.5 Å². The zero-order valence-corrected chi connectivity index (χ0v) is 62.0. The van der Waals surface area contributed by atoms with Gasteiger partial charge in [0.25, 0.3) is 0 Å². The van der Waals surface area contributed by atoms with Gasteiger partial charge in [-0.2, -0.15) is 26.3 Å². The maximum absolute atomic E-state index is 15.4. The molecule has 3 heterocycles. The molecule has 3 unspecified atom stereocenters. The maximum atomic E-state index is 15.4. The number of halogens is 8. The van der Waals surface area contributed by atoms with Crippen LogP contribution in [0.3, 0.4) is 0 Å². The van der Waals surface area contributed by atoms with Crippen molar-refractivity contribution < 1.29 is 92.6 Å². The summed E-state index contributed by atoms with van der Waals surface area (Å²) in [5.41, 5.74) is -1.65. The topological polar surface area (TPSA) is 268 Å². The van der Waals surface area contributed by atoms with Gasteiger partial charge in [-0.1, -0.05) is 67.2 Å². The summed E-state index contributed by atoms with van der Waals surface area (Å²) in [6.45, 7) is 15.9. The number of ether oxygens (including phenoxy) is 1. The number of alkyl halides is 8. The number of nitrogens with one attached hydrogen (secondary N) is 4. The molecule has 14 atom stereocenters. The average Bonchev–Trinajstić information content (AvgIpc) is 1.34. The van der Waals surface area contributed by atoms with Crippen LogP contribution in [0.1, 0.15) is 191 Å². The van der Waals surface area contributed by atoms with E-state index in [0.29, 0.717) is 25.7 Å². The highest BCUT2D eigenvalue weighted by Gasteiger charge is 2.56. The van der Waals surface area contributed by atoms with Crippen molar-refractivity contribution in [3.05, 3.63) is 0 Å². The third-order valence-corrected chi connectivity index (χ3v) is 22.8. The van der Waals surface area contributed by atoms with E-state index in [2.05, 4.69) is 21.3 Å². The highest BCUT2D eigenvalue weighted by atomic mass is 19.4. The Morgan fingerprint density at radius 2 is 1.22 bits per heavy atom. The van der Waals surface area contributed by atoms with E-state index in [-0.39, 0.29) is 109 Å². The predicted octanol–water partition coefficient (Wildman–Crippen LogP) is 7.02. The molecule has 0 aromatic rings. The summed E-state index contributed by atoms with van der Waals surface area (Å²) in [4.78, 5) is 172. The number of nitrogens with zero attached hydrogens (tertiary/aromatic N) is 7. The van der Waals surface area contributed by atoms with Gasteiger partial charge in [0.05, 0.1) is 18.6 Å². The lowest BCUT2D eigenvalue weighted by molar-refractivity contribution is -0.219. The molecule has 102 heavy (non-hydrogen) atoms. The van der Waals surface area contributed by atoms with Crippen LogP contribution in [0.4, 0.5) is 35.1 Å². The van der Waals surface area contributed by atoms with Gasteiger partial charge in [0.1, 0.15) is 72.1 Å². The van der Waals surface area contributed by atoms with Crippen molar-refractivity contribution in [3.63, 3.8) is 0 Å². The summed E-state index contributed by atoms with van der Waals surface area (Å²) in [5, 5.41) is 11.2. The molecule has 1 spiro atoms. The van der Waals surface area contributed by atoms with Gasteiger partial charge in [0.15, 0.2) is 0 Å². The number of rotatable bonds is 14. The Labute approximate surface area is 595 Å². The summed E-state index contributed by atoms with van der Waals surface area (Å²) < 4.78 is 121. The molecule has 6 aliphatic rings. The Bertz CT molecular complexity index is 2940. The smallest absolute Gasteiger partial charge is 0.377 e. The Hall–Kier alpha value is -6.43. The molecule has 0 bridgehead atoms. The molecule has 11 amide bonds. The first-order valence-electron chi connectivity index (χ1n) is 36.9. The van der Waals surface area contributed by atoms with Crippen molar-refractivity contribution >= 4 is 65.0 Å². The molecular formula is C71H113F8N11O12. The Morgan fingerprint density at radius 1 is 0.608 bits per heavy atom. The minimum Gasteiger partial charge on any atom is -0.377 e. The second-order valence-electron chi connectivity index (χ2n) is 30.4. The number of amides is 11. The molecule has 6 rings (SSSR count). The highest BCUT2D eigenvalue weighted by molar-refractivity contribution is 6.00. The second kappa shape index (κ2) is 36.0. The molecule has 4 N–H and O–H groups in total. The van der Waals surface area contributed by atoms with Gasteiger partial charge in [-0.05, 0) is 141 Å². The van der Waals surface area contributed by atoms with Gasteiger partial charge in [0.2, 0.25) is 65.0 Å². The Balaban J connectivity index is 1.43. The highest BCUT2D eigenvalue weighted by Crippen LogP contribution is 2.45. The molecule has 0 aromatic carbocycles. The minimum absolute atomic E-state index is 0.0131. The van der Waals surface area contributed by atoms with E-state index in [4.69, 9.17) is 4.74 Å². The third-order valence-electron chi connectivity index (χ3n) is 22.8. The zero-order chi connectivity index (χ0) is 76.4. The first-order valence-corrected chi connectivity index (χ1v) is 36.9. The standard InChI is InChI=1S/C71H113F8N11O12/c1-15-40(7)58-62(95)80-43(10)63(96)89-30-27-51(89)66(99)88(17-3)54(35-44-21-24-46(25-22-44)70(74,75)76)65(98)84(11)38-55(91)81-50(26-23-45-33-48(72)57(49(73)34-45)71(77,78)79)64(97)90-37-47(102-18-4)36-53(90)61(94)83-69(28-19-20-29-69)68(101)87(14)59(41(8)16-2)67(100)85(12)42(9)32-56(92)86(13)52(31-39(5)6)60(93)82-58/h39-54,57-59H,15-38H2,1-14H3,(H,80,95)(H,81,91)(H,82,93)(H,83,94)/t40-,41-,42+,43-,44?,45?,46?,47?,48?,49?,50-,51-,52-,53-,54-,57?,58-,59-/m0/s1. The number of hydrogen-bond acceptors (Lipinski definition) is 12. The van der Waals surface area contributed by atoms with Crippen LogP contribution in [-0.4, -0.2) is 251 Å². The van der Waals surface area contributed by atoms with E-state index in [1.54, 1.807) is 41.5 Å². The van der Waals surface area contributed by atoms with Gasteiger partial charge in [-0.3, -0.25) is 52.7 Å². The second-order valence-corrected chi connectivity index (χ2v) is 30.4. The largest absolute Gasteiger partial charge is 0.397 e. The van der Waals surface area contributed by atoms with Crippen LogP contribution in [-0.2, 0) is 57.5 Å².